The molecular weight excluding hydrogens is 242 g/mol. The summed E-state index contributed by atoms with van der Waals surface area (Å²) < 4.78 is 0. The summed E-state index contributed by atoms with van der Waals surface area (Å²) in [6.07, 6.45) is 6.57. The highest BCUT2D eigenvalue weighted by molar-refractivity contribution is 5.78. The minimum Gasteiger partial charge on any atom is -0.395 e. The minimum absolute atomic E-state index is 0.0626. The first kappa shape index (κ1) is 14.8. The van der Waals surface area contributed by atoms with Gasteiger partial charge in [-0.25, -0.2) is 0 Å². The monoisotopic (exact) mass is 269 g/mol. The molecule has 0 spiro atoms. The molecule has 110 valence electrons. The number of nitrogens with two attached hydrogens (primary N) is 1. The number of hydrogen-bond donors (Lipinski definition) is 2. The predicted octanol–water partition coefficient (Wildman–Crippen LogP) is 0.173. The molecule has 0 radical (unpaired) electrons. The van der Waals surface area contributed by atoms with Crippen molar-refractivity contribution in [2.24, 2.45) is 5.73 Å². The van der Waals surface area contributed by atoms with Crippen LogP contribution in [0.1, 0.15) is 38.5 Å². The van der Waals surface area contributed by atoms with Crippen LogP contribution in [-0.4, -0.2) is 65.7 Å². The average molecular weight is 269 g/mol. The van der Waals surface area contributed by atoms with Crippen molar-refractivity contribution in [1.29, 1.82) is 0 Å². The fraction of sp³-hybridized carbons (Fsp3) is 0.929. The molecule has 2 rings (SSSR count). The molecule has 1 aliphatic carbocycles. The Bertz CT molecular complexity index is 284. The van der Waals surface area contributed by atoms with Crippen LogP contribution in [0.3, 0.4) is 0 Å². The molecule has 0 atom stereocenters. The smallest absolute Gasteiger partial charge is 0.237 e. The van der Waals surface area contributed by atoms with Crippen LogP contribution >= 0.6 is 0 Å². The number of rotatable bonds is 5. The first-order chi connectivity index (χ1) is 9.20. The average Bonchev–Trinajstić information content (AvgIpc) is 2.92. The normalized spacial score (nSPS) is 22.8. The van der Waals surface area contributed by atoms with Crippen molar-refractivity contribution in [3.05, 3.63) is 0 Å². The highest BCUT2D eigenvalue weighted by atomic mass is 16.3. The second-order valence-electron chi connectivity index (χ2n) is 5.86. The van der Waals surface area contributed by atoms with Gasteiger partial charge in [0.15, 0.2) is 0 Å². The Hall–Kier alpha value is -0.650. The van der Waals surface area contributed by atoms with Crippen LogP contribution in [0, 0.1) is 0 Å². The van der Waals surface area contributed by atoms with E-state index in [0.717, 1.165) is 38.8 Å². The summed E-state index contributed by atoms with van der Waals surface area (Å²) in [6.45, 7) is 2.88. The molecule has 5 heteroatoms. The fourth-order valence-corrected chi connectivity index (χ4v) is 3.23. The third kappa shape index (κ3) is 4.16. The van der Waals surface area contributed by atoms with Gasteiger partial charge >= 0.3 is 0 Å². The molecule has 0 bridgehead atoms. The number of amides is 1. The van der Waals surface area contributed by atoms with Crippen LogP contribution in [0.2, 0.25) is 0 Å². The van der Waals surface area contributed by atoms with Crippen LogP contribution in [0.15, 0.2) is 0 Å². The summed E-state index contributed by atoms with van der Waals surface area (Å²) in [4.78, 5) is 16.5. The molecule has 0 aromatic rings. The van der Waals surface area contributed by atoms with Crippen molar-refractivity contribution >= 4 is 5.91 Å². The van der Waals surface area contributed by atoms with Gasteiger partial charge in [0.1, 0.15) is 0 Å². The van der Waals surface area contributed by atoms with Gasteiger partial charge in [-0.1, -0.05) is 12.8 Å². The second-order valence-corrected chi connectivity index (χ2v) is 5.86. The maximum atomic E-state index is 12.4. The van der Waals surface area contributed by atoms with Gasteiger partial charge < -0.3 is 15.7 Å². The summed E-state index contributed by atoms with van der Waals surface area (Å²) in [5, 5.41) is 9.16. The Kier molecular flexibility index (Phi) is 5.60. The van der Waals surface area contributed by atoms with E-state index in [4.69, 9.17) is 10.8 Å². The van der Waals surface area contributed by atoms with E-state index >= 15 is 0 Å². The van der Waals surface area contributed by atoms with Gasteiger partial charge in [-0.2, -0.15) is 0 Å². The Morgan fingerprint density at radius 1 is 1.21 bits per heavy atom. The van der Waals surface area contributed by atoms with Crippen molar-refractivity contribution in [1.82, 2.24) is 9.80 Å². The highest BCUT2D eigenvalue weighted by Gasteiger charge is 2.28. The molecular formula is C14H27N3O2. The van der Waals surface area contributed by atoms with Crippen molar-refractivity contribution in [2.75, 3.05) is 32.8 Å². The zero-order valence-electron chi connectivity index (χ0n) is 11.8. The lowest BCUT2D eigenvalue weighted by Crippen LogP contribution is -2.48. The van der Waals surface area contributed by atoms with E-state index in [1.807, 2.05) is 4.90 Å². The number of carbonyl (C=O) groups is 1. The molecule has 0 aromatic carbocycles. The third-order valence-corrected chi connectivity index (χ3v) is 4.42. The molecule has 1 heterocycles. The third-order valence-electron chi connectivity index (χ3n) is 4.42. The van der Waals surface area contributed by atoms with Crippen molar-refractivity contribution in [3.63, 3.8) is 0 Å². The summed E-state index contributed by atoms with van der Waals surface area (Å²) in [7, 11) is 0. The van der Waals surface area contributed by atoms with Gasteiger partial charge in [0, 0.05) is 31.7 Å². The molecule has 2 fully saturated rings. The van der Waals surface area contributed by atoms with E-state index in [1.54, 1.807) is 0 Å². The van der Waals surface area contributed by atoms with E-state index in [2.05, 4.69) is 4.90 Å². The van der Waals surface area contributed by atoms with E-state index < -0.39 is 0 Å². The first-order valence-electron chi connectivity index (χ1n) is 7.59. The van der Waals surface area contributed by atoms with Gasteiger partial charge in [-0.15, -0.1) is 0 Å². The van der Waals surface area contributed by atoms with Gasteiger partial charge in [-0.05, 0) is 25.7 Å². The fourth-order valence-electron chi connectivity index (χ4n) is 3.23. The molecule has 1 saturated heterocycles. The summed E-state index contributed by atoms with van der Waals surface area (Å²) in [5.74, 6) is 0.177. The maximum absolute atomic E-state index is 12.4. The summed E-state index contributed by atoms with van der Waals surface area (Å²) >= 11 is 0. The Morgan fingerprint density at radius 2 is 1.84 bits per heavy atom. The van der Waals surface area contributed by atoms with Gasteiger partial charge in [-0.3, -0.25) is 9.69 Å². The first-order valence-corrected chi connectivity index (χ1v) is 7.59. The van der Waals surface area contributed by atoms with E-state index in [0.29, 0.717) is 25.2 Å². The maximum Gasteiger partial charge on any atom is 0.237 e. The standard InChI is InChI=1S/C14H27N3O2/c15-12-5-7-16(8-6-12)11-14(19)17(9-10-18)13-3-1-2-4-13/h12-13,18H,1-11,15H2. The predicted molar refractivity (Wildman–Crippen MR) is 74.7 cm³/mol. The van der Waals surface area contributed by atoms with E-state index in [9.17, 15) is 4.79 Å². The van der Waals surface area contributed by atoms with Crippen LogP contribution in [0.4, 0.5) is 0 Å². The summed E-state index contributed by atoms with van der Waals surface area (Å²) in [5.41, 5.74) is 5.88. The van der Waals surface area contributed by atoms with Crippen molar-refractivity contribution < 1.29 is 9.90 Å². The molecule has 5 nitrogen and oxygen atoms in total. The lowest BCUT2D eigenvalue weighted by molar-refractivity contribution is -0.135. The Labute approximate surface area is 115 Å². The van der Waals surface area contributed by atoms with Crippen molar-refractivity contribution in [3.8, 4) is 0 Å². The van der Waals surface area contributed by atoms with Gasteiger partial charge in [0.25, 0.3) is 0 Å². The number of hydrogen-bond acceptors (Lipinski definition) is 4. The Morgan fingerprint density at radius 3 is 2.42 bits per heavy atom. The van der Waals surface area contributed by atoms with Crippen LogP contribution in [-0.2, 0) is 4.79 Å². The summed E-state index contributed by atoms with van der Waals surface area (Å²) in [6, 6.07) is 0.654. The molecule has 1 amide bonds. The zero-order valence-corrected chi connectivity index (χ0v) is 11.8. The number of piperidine rings is 1. The topological polar surface area (TPSA) is 69.8 Å². The van der Waals surface area contributed by atoms with Gasteiger partial charge in [0.2, 0.25) is 5.91 Å². The number of aliphatic hydroxyl groups is 1. The second kappa shape index (κ2) is 7.22. The van der Waals surface area contributed by atoms with Crippen LogP contribution < -0.4 is 5.73 Å². The van der Waals surface area contributed by atoms with E-state index in [1.165, 1.54) is 12.8 Å². The largest absolute Gasteiger partial charge is 0.395 e. The molecule has 2 aliphatic rings. The minimum atomic E-state index is 0.0626. The zero-order chi connectivity index (χ0) is 13.7. The number of nitrogens with zero attached hydrogens (tertiary/aromatic N) is 2. The lowest BCUT2D eigenvalue weighted by atomic mass is 10.1. The quantitative estimate of drug-likeness (QED) is 0.746. The van der Waals surface area contributed by atoms with Gasteiger partial charge in [0.05, 0.1) is 13.2 Å². The Balaban J connectivity index is 1.84. The van der Waals surface area contributed by atoms with E-state index in [-0.39, 0.29) is 12.5 Å². The van der Waals surface area contributed by atoms with Crippen molar-refractivity contribution in [2.45, 2.75) is 50.6 Å². The molecule has 0 unspecified atom stereocenters. The van der Waals surface area contributed by atoms with Crippen LogP contribution in [0.25, 0.3) is 0 Å². The van der Waals surface area contributed by atoms with Crippen LogP contribution in [0.5, 0.6) is 0 Å². The number of likely N-dealkylation sites (tertiary alicyclic amines) is 1. The SMILES string of the molecule is NC1CCN(CC(=O)N(CCO)C2CCCC2)CC1. The number of aliphatic hydroxyl groups excluding tert-OH is 1. The molecule has 19 heavy (non-hydrogen) atoms. The highest BCUT2D eigenvalue weighted by Crippen LogP contribution is 2.23. The molecule has 1 aliphatic heterocycles. The lowest BCUT2D eigenvalue weighted by Gasteiger charge is -2.34. The molecule has 1 saturated carbocycles. The number of carbonyl (C=O) groups excluding carboxylic acids is 1. The molecule has 3 N–H and O–H groups in total. The molecule has 0 aromatic heterocycles.